The molecule has 0 aliphatic heterocycles. The third-order valence-corrected chi connectivity index (χ3v) is 4.40. The molecule has 0 fully saturated rings. The smallest absolute Gasteiger partial charge is 0.408 e. The molecule has 29 heavy (non-hydrogen) atoms. The summed E-state index contributed by atoms with van der Waals surface area (Å²) in [7, 11) is 0. The number of nitrogens with one attached hydrogen (secondary N) is 3. The molecular formula is C20H39IN6O2. The van der Waals surface area contributed by atoms with Crippen LogP contribution in [-0.2, 0) is 11.3 Å². The fourth-order valence-electron chi connectivity index (χ4n) is 2.66. The number of alkyl carbamates (subject to hydrolysis) is 1. The summed E-state index contributed by atoms with van der Waals surface area (Å²) in [6, 6.07) is 0. The van der Waals surface area contributed by atoms with Crippen molar-refractivity contribution in [2.75, 3.05) is 19.6 Å². The molecule has 0 saturated carbocycles. The first-order chi connectivity index (χ1) is 13.1. The monoisotopic (exact) mass is 522 g/mol. The number of amides is 1. The average Bonchev–Trinajstić information content (AvgIpc) is 3.02. The lowest BCUT2D eigenvalue weighted by molar-refractivity contribution is 0.0452. The van der Waals surface area contributed by atoms with E-state index in [1.807, 2.05) is 51.7 Å². The van der Waals surface area contributed by atoms with Crippen LogP contribution in [0.5, 0.6) is 0 Å². The fraction of sp³-hybridized carbons (Fsp3) is 0.750. The highest BCUT2D eigenvalue weighted by Crippen LogP contribution is 2.17. The quantitative estimate of drug-likeness (QED) is 0.263. The van der Waals surface area contributed by atoms with Gasteiger partial charge in [-0.25, -0.2) is 4.79 Å². The summed E-state index contributed by atoms with van der Waals surface area (Å²) in [6.45, 7) is 16.4. The molecule has 0 saturated heterocycles. The van der Waals surface area contributed by atoms with Gasteiger partial charge in [0, 0.05) is 19.3 Å². The van der Waals surface area contributed by atoms with Crippen LogP contribution in [0.3, 0.4) is 0 Å². The van der Waals surface area contributed by atoms with E-state index in [0.29, 0.717) is 13.1 Å². The molecule has 0 atom stereocenters. The number of ether oxygens (including phenoxy) is 1. The van der Waals surface area contributed by atoms with Crippen LogP contribution in [0.25, 0.3) is 0 Å². The number of rotatable bonds is 9. The molecule has 1 aromatic rings. The van der Waals surface area contributed by atoms with Crippen LogP contribution >= 0.6 is 24.0 Å². The molecule has 0 radical (unpaired) electrons. The van der Waals surface area contributed by atoms with Crippen LogP contribution in [0.4, 0.5) is 4.79 Å². The Labute approximate surface area is 192 Å². The van der Waals surface area contributed by atoms with Gasteiger partial charge in [-0.15, -0.1) is 24.0 Å². The van der Waals surface area contributed by atoms with Gasteiger partial charge in [-0.05, 0) is 53.0 Å². The van der Waals surface area contributed by atoms with Gasteiger partial charge >= 0.3 is 6.09 Å². The minimum absolute atomic E-state index is 0. The standard InChI is InChI=1S/C20H38N6O2.HI/c1-8-20(9-2,25-18(27)28-19(5,6)7)15-23-17(21-10-3)22-11-12-26-14-16(4)13-24-26;/h13-14H,8-12,15H2,1-7H3,(H,25,27)(H2,21,22,23);1H. The molecule has 0 bridgehead atoms. The van der Waals surface area contributed by atoms with Crippen molar-refractivity contribution in [3.63, 3.8) is 0 Å². The van der Waals surface area contributed by atoms with Crippen LogP contribution in [0.2, 0.25) is 0 Å². The lowest BCUT2D eigenvalue weighted by Gasteiger charge is -2.32. The molecule has 1 heterocycles. The molecule has 0 aliphatic rings. The first kappa shape index (κ1) is 27.5. The molecular weight excluding hydrogens is 483 g/mol. The van der Waals surface area contributed by atoms with Crippen molar-refractivity contribution >= 4 is 36.0 Å². The van der Waals surface area contributed by atoms with E-state index in [-0.39, 0.29) is 24.0 Å². The Morgan fingerprint density at radius 1 is 1.21 bits per heavy atom. The van der Waals surface area contributed by atoms with Gasteiger partial charge < -0.3 is 20.7 Å². The zero-order chi connectivity index (χ0) is 21.2. The Bertz CT molecular complexity index is 635. The number of carbonyl (C=O) groups is 1. The van der Waals surface area contributed by atoms with Crippen LogP contribution in [-0.4, -0.2) is 52.6 Å². The van der Waals surface area contributed by atoms with Crippen LogP contribution in [0.15, 0.2) is 17.4 Å². The van der Waals surface area contributed by atoms with E-state index >= 15 is 0 Å². The third kappa shape index (κ3) is 10.7. The summed E-state index contributed by atoms with van der Waals surface area (Å²) in [5, 5.41) is 13.9. The van der Waals surface area contributed by atoms with Crippen molar-refractivity contribution < 1.29 is 9.53 Å². The minimum atomic E-state index is -0.526. The summed E-state index contributed by atoms with van der Waals surface area (Å²) in [6.07, 6.45) is 4.98. The maximum atomic E-state index is 12.3. The van der Waals surface area contributed by atoms with Crippen molar-refractivity contribution in [2.45, 2.75) is 79.0 Å². The predicted molar refractivity (Wildman–Crippen MR) is 129 cm³/mol. The highest BCUT2D eigenvalue weighted by molar-refractivity contribution is 14.0. The Morgan fingerprint density at radius 3 is 2.34 bits per heavy atom. The van der Waals surface area contributed by atoms with E-state index in [1.54, 1.807) is 0 Å². The van der Waals surface area contributed by atoms with E-state index in [9.17, 15) is 4.79 Å². The van der Waals surface area contributed by atoms with Crippen LogP contribution in [0.1, 0.15) is 59.9 Å². The van der Waals surface area contributed by atoms with Gasteiger partial charge in [0.1, 0.15) is 5.60 Å². The van der Waals surface area contributed by atoms with Gasteiger partial charge in [0.25, 0.3) is 0 Å². The minimum Gasteiger partial charge on any atom is -0.444 e. The van der Waals surface area contributed by atoms with Gasteiger partial charge in [-0.2, -0.15) is 5.10 Å². The molecule has 0 spiro atoms. The zero-order valence-electron chi connectivity index (χ0n) is 19.0. The number of aliphatic imine (C=N–C) groups is 1. The Kier molecular flexibility index (Phi) is 12.2. The van der Waals surface area contributed by atoms with Crippen molar-refractivity contribution in [3.8, 4) is 0 Å². The summed E-state index contributed by atoms with van der Waals surface area (Å²) < 4.78 is 7.33. The Morgan fingerprint density at radius 2 is 1.86 bits per heavy atom. The van der Waals surface area contributed by atoms with E-state index in [2.05, 4.69) is 34.9 Å². The maximum absolute atomic E-state index is 12.3. The number of hydrogen-bond donors (Lipinski definition) is 3. The first-order valence-electron chi connectivity index (χ1n) is 10.2. The second-order valence-electron chi connectivity index (χ2n) is 8.02. The maximum Gasteiger partial charge on any atom is 0.408 e. The molecule has 3 N–H and O–H groups in total. The van der Waals surface area contributed by atoms with Crippen LogP contribution < -0.4 is 16.0 Å². The number of halogens is 1. The molecule has 1 amide bonds. The molecule has 0 unspecified atom stereocenters. The first-order valence-corrected chi connectivity index (χ1v) is 10.2. The number of guanidine groups is 1. The van der Waals surface area contributed by atoms with Crippen LogP contribution in [0, 0.1) is 6.92 Å². The largest absolute Gasteiger partial charge is 0.444 e. The molecule has 0 aliphatic carbocycles. The van der Waals surface area contributed by atoms with Gasteiger partial charge in [0.15, 0.2) is 5.96 Å². The Hall–Kier alpha value is -1.52. The average molecular weight is 522 g/mol. The van der Waals surface area contributed by atoms with Crippen molar-refractivity contribution in [1.29, 1.82) is 0 Å². The van der Waals surface area contributed by atoms with E-state index in [0.717, 1.165) is 37.5 Å². The van der Waals surface area contributed by atoms with E-state index in [1.165, 1.54) is 0 Å². The van der Waals surface area contributed by atoms with Crippen molar-refractivity contribution in [1.82, 2.24) is 25.7 Å². The van der Waals surface area contributed by atoms with Crippen molar-refractivity contribution in [3.05, 3.63) is 18.0 Å². The SMILES string of the molecule is CCNC(=NCC(CC)(CC)NC(=O)OC(C)(C)C)NCCn1cc(C)cn1.I. The predicted octanol–water partition coefficient (Wildman–Crippen LogP) is 3.45. The fourth-order valence-corrected chi connectivity index (χ4v) is 2.66. The highest BCUT2D eigenvalue weighted by atomic mass is 127. The van der Waals surface area contributed by atoms with Gasteiger partial charge in [-0.3, -0.25) is 9.67 Å². The van der Waals surface area contributed by atoms with E-state index < -0.39 is 17.2 Å². The van der Waals surface area contributed by atoms with E-state index in [4.69, 9.17) is 9.73 Å². The second-order valence-corrected chi connectivity index (χ2v) is 8.02. The zero-order valence-corrected chi connectivity index (χ0v) is 21.3. The highest BCUT2D eigenvalue weighted by Gasteiger charge is 2.30. The lowest BCUT2D eigenvalue weighted by atomic mass is 9.93. The summed E-state index contributed by atoms with van der Waals surface area (Å²) >= 11 is 0. The number of carbonyl (C=O) groups excluding carboxylic acids is 1. The van der Waals surface area contributed by atoms with Gasteiger partial charge in [0.05, 0.1) is 24.8 Å². The summed E-state index contributed by atoms with van der Waals surface area (Å²) in [4.78, 5) is 17.0. The topological polar surface area (TPSA) is 92.6 Å². The summed E-state index contributed by atoms with van der Waals surface area (Å²) in [5.41, 5.74) is 0.176. The third-order valence-electron chi connectivity index (χ3n) is 4.40. The number of aryl methyl sites for hydroxylation is 1. The molecule has 168 valence electrons. The number of nitrogens with zero attached hydrogens (tertiary/aromatic N) is 3. The molecule has 9 heteroatoms. The molecule has 0 aromatic carbocycles. The number of hydrogen-bond acceptors (Lipinski definition) is 4. The number of aromatic nitrogens is 2. The van der Waals surface area contributed by atoms with Crippen molar-refractivity contribution in [2.24, 2.45) is 4.99 Å². The van der Waals surface area contributed by atoms with Gasteiger partial charge in [-0.1, -0.05) is 13.8 Å². The summed E-state index contributed by atoms with van der Waals surface area (Å²) in [5.74, 6) is 0.726. The molecule has 1 rings (SSSR count). The lowest BCUT2D eigenvalue weighted by Crippen LogP contribution is -2.52. The molecule has 1 aromatic heterocycles. The Balaban J connectivity index is 0.00000784. The van der Waals surface area contributed by atoms with Gasteiger partial charge in [0.2, 0.25) is 0 Å². The normalized spacial score (nSPS) is 12.2. The second kappa shape index (κ2) is 12.9. The molecule has 8 nitrogen and oxygen atoms in total.